The number of likely N-dealkylation sites (tertiary alicyclic amines) is 1. The summed E-state index contributed by atoms with van der Waals surface area (Å²) in [6.07, 6.45) is 2.43. The molecule has 0 saturated carbocycles. The molecule has 3 aliphatic heterocycles. The predicted molar refractivity (Wildman–Crippen MR) is 124 cm³/mol. The molecule has 1 aromatic heterocycles. The molecule has 4 heterocycles. The van der Waals surface area contributed by atoms with Gasteiger partial charge in [-0.25, -0.2) is 4.39 Å². The fourth-order valence-corrected chi connectivity index (χ4v) is 5.63. The summed E-state index contributed by atoms with van der Waals surface area (Å²) >= 11 is 0. The number of aromatic nitrogens is 1. The van der Waals surface area contributed by atoms with Gasteiger partial charge in [-0.05, 0) is 61.7 Å². The molecular weight excluding hydrogens is 451 g/mol. The lowest BCUT2D eigenvalue weighted by Gasteiger charge is -2.32. The highest BCUT2D eigenvalue weighted by Gasteiger charge is 2.40. The number of halogens is 1. The molecule has 0 aliphatic carbocycles. The Kier molecular flexibility index (Phi) is 5.36. The highest BCUT2D eigenvalue weighted by atomic mass is 19.1. The molecule has 35 heavy (non-hydrogen) atoms. The van der Waals surface area contributed by atoms with Crippen molar-refractivity contribution >= 4 is 28.7 Å². The highest BCUT2D eigenvalue weighted by molar-refractivity contribution is 6.05. The van der Waals surface area contributed by atoms with E-state index in [1.807, 2.05) is 18.2 Å². The second-order valence-corrected chi connectivity index (χ2v) is 9.60. The van der Waals surface area contributed by atoms with E-state index >= 15 is 0 Å². The van der Waals surface area contributed by atoms with Crippen molar-refractivity contribution in [2.45, 2.75) is 50.7 Å². The fourth-order valence-electron chi connectivity index (χ4n) is 5.63. The Morgan fingerprint density at radius 2 is 1.91 bits per heavy atom. The number of rotatable bonds is 4. The van der Waals surface area contributed by atoms with Crippen LogP contribution in [0.3, 0.4) is 0 Å². The van der Waals surface area contributed by atoms with E-state index in [0.29, 0.717) is 24.1 Å². The molecule has 1 unspecified atom stereocenters. The number of hydrogen-bond donors (Lipinski definition) is 1. The van der Waals surface area contributed by atoms with Crippen LogP contribution < -0.4 is 5.32 Å². The summed E-state index contributed by atoms with van der Waals surface area (Å²) in [6, 6.07) is 9.70. The summed E-state index contributed by atoms with van der Waals surface area (Å²) in [5, 5.41) is 7.46. The minimum Gasteiger partial charge on any atom is -0.356 e. The smallest absolute Gasteiger partial charge is 0.255 e. The van der Waals surface area contributed by atoms with Gasteiger partial charge in [0.2, 0.25) is 11.8 Å². The molecule has 0 spiro atoms. The first-order valence-corrected chi connectivity index (χ1v) is 12.0. The van der Waals surface area contributed by atoms with E-state index in [2.05, 4.69) is 15.4 Å². The van der Waals surface area contributed by atoms with Gasteiger partial charge in [0.1, 0.15) is 11.9 Å². The van der Waals surface area contributed by atoms with E-state index in [1.165, 1.54) is 12.1 Å². The molecular formula is C26H25FN4O4. The average molecular weight is 477 g/mol. The lowest BCUT2D eigenvalue weighted by atomic mass is 9.91. The number of carbonyl (C=O) groups is 3. The number of fused-ring (bicyclic) bond motifs is 2. The zero-order chi connectivity index (χ0) is 24.1. The van der Waals surface area contributed by atoms with Crippen molar-refractivity contribution in [2.75, 3.05) is 13.1 Å². The third-order valence-corrected chi connectivity index (χ3v) is 7.51. The van der Waals surface area contributed by atoms with Gasteiger partial charge < -0.3 is 9.42 Å². The molecule has 180 valence electrons. The third-order valence-electron chi connectivity index (χ3n) is 7.51. The minimum absolute atomic E-state index is 0.149. The Balaban J connectivity index is 1.14. The van der Waals surface area contributed by atoms with Crippen molar-refractivity contribution in [1.82, 2.24) is 20.3 Å². The van der Waals surface area contributed by atoms with Gasteiger partial charge in [-0.2, -0.15) is 0 Å². The number of carbonyl (C=O) groups excluding carboxylic acids is 3. The van der Waals surface area contributed by atoms with E-state index in [1.54, 1.807) is 11.0 Å². The Bertz CT molecular complexity index is 1340. The Hall–Kier alpha value is -3.59. The van der Waals surface area contributed by atoms with Crippen molar-refractivity contribution in [3.05, 3.63) is 64.6 Å². The Labute approximate surface area is 201 Å². The molecule has 3 aromatic rings. The number of benzene rings is 2. The topological polar surface area (TPSA) is 95.8 Å². The average Bonchev–Trinajstić information content (AvgIpc) is 3.41. The van der Waals surface area contributed by atoms with Crippen LogP contribution in [0.5, 0.6) is 0 Å². The molecule has 1 atom stereocenters. The number of nitrogens with zero attached hydrogens (tertiary/aromatic N) is 3. The van der Waals surface area contributed by atoms with Crippen LogP contribution in [0.15, 0.2) is 40.9 Å². The quantitative estimate of drug-likeness (QED) is 0.582. The molecule has 3 amide bonds. The first kappa shape index (κ1) is 21.9. The van der Waals surface area contributed by atoms with Crippen molar-refractivity contribution in [2.24, 2.45) is 0 Å². The monoisotopic (exact) mass is 476 g/mol. The molecule has 3 aliphatic rings. The predicted octanol–water partition coefficient (Wildman–Crippen LogP) is 3.11. The van der Waals surface area contributed by atoms with Gasteiger partial charge in [0.25, 0.3) is 5.91 Å². The van der Waals surface area contributed by atoms with Crippen LogP contribution in [0.4, 0.5) is 4.39 Å². The SMILES string of the molecule is O=C1CCC(N2Cc3c(CN4CCC(c5noc6cc(F)ccc56)CC4)cccc3C2=O)C(=O)N1. The Morgan fingerprint density at radius 1 is 1.09 bits per heavy atom. The van der Waals surface area contributed by atoms with Crippen molar-refractivity contribution in [3.63, 3.8) is 0 Å². The van der Waals surface area contributed by atoms with Crippen LogP contribution in [0.2, 0.25) is 0 Å². The Morgan fingerprint density at radius 3 is 2.71 bits per heavy atom. The molecule has 2 saturated heterocycles. The summed E-state index contributed by atoms with van der Waals surface area (Å²) in [4.78, 5) is 40.9. The molecule has 0 radical (unpaired) electrons. The summed E-state index contributed by atoms with van der Waals surface area (Å²) in [5.41, 5.74) is 4.07. The molecule has 9 heteroatoms. The van der Waals surface area contributed by atoms with Gasteiger partial charge in [-0.15, -0.1) is 0 Å². The molecule has 1 N–H and O–H groups in total. The van der Waals surface area contributed by atoms with Gasteiger partial charge >= 0.3 is 0 Å². The fraction of sp³-hybridized carbons (Fsp3) is 0.385. The van der Waals surface area contributed by atoms with Crippen molar-refractivity contribution in [3.8, 4) is 0 Å². The van der Waals surface area contributed by atoms with E-state index < -0.39 is 11.9 Å². The standard InChI is InChI=1S/C26H25FN4O4/c27-17-4-5-19-22(12-17)35-29-24(19)15-8-10-30(11-9-15)13-16-2-1-3-18-20(16)14-31(26(18)34)21-6-7-23(32)28-25(21)33/h1-5,12,15,21H,6-11,13-14H2,(H,28,32,33). The minimum atomic E-state index is -0.609. The summed E-state index contributed by atoms with van der Waals surface area (Å²) in [5.74, 6) is -0.909. The van der Waals surface area contributed by atoms with E-state index in [-0.39, 0.29) is 30.0 Å². The zero-order valence-corrected chi connectivity index (χ0v) is 19.1. The molecule has 0 bridgehead atoms. The molecule has 8 nitrogen and oxygen atoms in total. The summed E-state index contributed by atoms with van der Waals surface area (Å²) in [7, 11) is 0. The molecule has 6 rings (SSSR count). The van der Waals surface area contributed by atoms with Crippen LogP contribution in [0.1, 0.15) is 58.8 Å². The van der Waals surface area contributed by atoms with Crippen LogP contribution >= 0.6 is 0 Å². The van der Waals surface area contributed by atoms with Gasteiger partial charge in [0.05, 0.1) is 5.69 Å². The lowest BCUT2D eigenvalue weighted by molar-refractivity contribution is -0.136. The second-order valence-electron chi connectivity index (χ2n) is 9.60. The first-order chi connectivity index (χ1) is 17.0. The maximum atomic E-state index is 13.5. The maximum absolute atomic E-state index is 13.5. The van der Waals surface area contributed by atoms with Gasteiger partial charge in [0.15, 0.2) is 5.58 Å². The number of amides is 3. The van der Waals surface area contributed by atoms with E-state index in [0.717, 1.165) is 54.7 Å². The summed E-state index contributed by atoms with van der Waals surface area (Å²) < 4.78 is 18.8. The lowest BCUT2D eigenvalue weighted by Crippen LogP contribution is -2.52. The maximum Gasteiger partial charge on any atom is 0.255 e. The molecule has 2 aromatic carbocycles. The number of hydrogen-bond acceptors (Lipinski definition) is 6. The van der Waals surface area contributed by atoms with Crippen LogP contribution in [-0.2, 0) is 22.7 Å². The number of piperidine rings is 2. The number of nitrogens with one attached hydrogen (secondary N) is 1. The van der Waals surface area contributed by atoms with E-state index in [4.69, 9.17) is 4.52 Å². The van der Waals surface area contributed by atoms with Gasteiger partial charge in [-0.3, -0.25) is 24.6 Å². The van der Waals surface area contributed by atoms with Crippen molar-refractivity contribution in [1.29, 1.82) is 0 Å². The second kappa shape index (κ2) is 8.57. The largest absolute Gasteiger partial charge is 0.356 e. The van der Waals surface area contributed by atoms with Crippen LogP contribution in [-0.4, -0.2) is 51.8 Å². The van der Waals surface area contributed by atoms with E-state index in [9.17, 15) is 18.8 Å². The zero-order valence-electron chi connectivity index (χ0n) is 19.1. The normalized spacial score (nSPS) is 21.6. The highest BCUT2D eigenvalue weighted by Crippen LogP contribution is 2.35. The molecule has 2 fully saturated rings. The van der Waals surface area contributed by atoms with Gasteiger partial charge in [-0.1, -0.05) is 17.3 Å². The number of imide groups is 1. The van der Waals surface area contributed by atoms with Gasteiger partial charge in [0, 0.05) is 42.4 Å². The van der Waals surface area contributed by atoms with Crippen LogP contribution in [0.25, 0.3) is 11.0 Å². The first-order valence-electron chi connectivity index (χ1n) is 12.0. The summed E-state index contributed by atoms with van der Waals surface area (Å²) in [6.45, 7) is 2.84. The van der Waals surface area contributed by atoms with Crippen molar-refractivity contribution < 1.29 is 23.3 Å². The third kappa shape index (κ3) is 3.89. The van der Waals surface area contributed by atoms with Crippen LogP contribution in [0, 0.1) is 5.82 Å².